The van der Waals surface area contributed by atoms with Gasteiger partial charge in [-0.2, -0.15) is 0 Å². The molecule has 0 aromatic carbocycles. The number of hydrogen-bond donors (Lipinski definition) is 0. The zero-order chi connectivity index (χ0) is 10.7. The number of nitrogens with zero attached hydrogens (tertiary/aromatic N) is 2. The Morgan fingerprint density at radius 1 is 1.33 bits per heavy atom. The molecular formula is C11H14N2O2. The first-order chi connectivity index (χ1) is 7.35. The van der Waals surface area contributed by atoms with Gasteiger partial charge in [0, 0.05) is 19.7 Å². The van der Waals surface area contributed by atoms with Crippen LogP contribution in [-0.4, -0.2) is 30.2 Å². The summed E-state index contributed by atoms with van der Waals surface area (Å²) in [5.41, 5.74) is 1.92. The molecule has 2 heterocycles. The smallest absolute Gasteiger partial charge is 0.198 e. The van der Waals surface area contributed by atoms with Gasteiger partial charge in [0.25, 0.3) is 0 Å². The Bertz CT molecular complexity index is 451. The van der Waals surface area contributed by atoms with Crippen molar-refractivity contribution in [2.24, 2.45) is 0 Å². The van der Waals surface area contributed by atoms with Crippen LogP contribution >= 0.6 is 0 Å². The fourth-order valence-corrected chi connectivity index (χ4v) is 1.53. The maximum Gasteiger partial charge on any atom is 0.198 e. The van der Waals surface area contributed by atoms with Crippen molar-refractivity contribution in [3.05, 3.63) is 30.1 Å². The second-order valence-electron chi connectivity index (χ2n) is 3.27. The molecule has 0 saturated heterocycles. The van der Waals surface area contributed by atoms with E-state index in [1.165, 1.54) is 0 Å². The van der Waals surface area contributed by atoms with Gasteiger partial charge in [0.1, 0.15) is 5.65 Å². The van der Waals surface area contributed by atoms with Gasteiger partial charge < -0.3 is 9.47 Å². The second-order valence-corrected chi connectivity index (χ2v) is 3.27. The molecule has 15 heavy (non-hydrogen) atoms. The molecular weight excluding hydrogens is 192 g/mol. The summed E-state index contributed by atoms with van der Waals surface area (Å²) in [4.78, 5) is 4.46. The highest BCUT2D eigenvalue weighted by Crippen LogP contribution is 2.15. The van der Waals surface area contributed by atoms with Crippen LogP contribution < -0.4 is 4.74 Å². The molecule has 0 radical (unpaired) electrons. The van der Waals surface area contributed by atoms with Crippen LogP contribution in [0, 0.1) is 0 Å². The first-order valence-corrected chi connectivity index (χ1v) is 4.85. The van der Waals surface area contributed by atoms with Gasteiger partial charge in [0.05, 0.1) is 19.4 Å². The lowest BCUT2D eigenvalue weighted by atomic mass is 10.3. The quantitative estimate of drug-likeness (QED) is 0.761. The van der Waals surface area contributed by atoms with E-state index in [0.717, 1.165) is 23.6 Å². The summed E-state index contributed by atoms with van der Waals surface area (Å²) >= 11 is 0. The molecule has 0 N–H and O–H groups in total. The van der Waals surface area contributed by atoms with E-state index in [-0.39, 0.29) is 0 Å². The number of pyridine rings is 1. The molecule has 0 fully saturated rings. The number of fused-ring (bicyclic) bond motifs is 1. The monoisotopic (exact) mass is 206 g/mol. The highest BCUT2D eigenvalue weighted by Gasteiger charge is 2.04. The topological polar surface area (TPSA) is 35.8 Å². The number of aromatic nitrogens is 2. The van der Waals surface area contributed by atoms with E-state index in [1.54, 1.807) is 14.2 Å². The van der Waals surface area contributed by atoms with Crippen LogP contribution in [0.25, 0.3) is 5.65 Å². The standard InChI is InChI=1S/C11H14N2O2/c1-14-7-6-9-8-13-10(12-9)4-3-5-11(13)15-2/h3-5,8H,6-7H2,1-2H3. The van der Waals surface area contributed by atoms with Crippen molar-refractivity contribution in [3.8, 4) is 5.88 Å². The number of hydrogen-bond acceptors (Lipinski definition) is 3. The van der Waals surface area contributed by atoms with Crippen molar-refractivity contribution in [1.82, 2.24) is 9.38 Å². The number of methoxy groups -OCH3 is 2. The summed E-state index contributed by atoms with van der Waals surface area (Å²) in [5, 5.41) is 0. The number of rotatable bonds is 4. The molecule has 0 aliphatic heterocycles. The van der Waals surface area contributed by atoms with Crippen molar-refractivity contribution < 1.29 is 9.47 Å². The highest BCUT2D eigenvalue weighted by atomic mass is 16.5. The van der Waals surface area contributed by atoms with Crippen LogP contribution in [0.4, 0.5) is 0 Å². The molecule has 2 rings (SSSR count). The molecule has 0 aliphatic carbocycles. The summed E-state index contributed by atoms with van der Waals surface area (Å²) < 4.78 is 12.2. The minimum Gasteiger partial charge on any atom is -0.482 e. The van der Waals surface area contributed by atoms with Crippen LogP contribution in [-0.2, 0) is 11.2 Å². The van der Waals surface area contributed by atoms with Crippen molar-refractivity contribution >= 4 is 5.65 Å². The summed E-state index contributed by atoms with van der Waals surface area (Å²) in [6.45, 7) is 0.687. The van der Waals surface area contributed by atoms with Gasteiger partial charge in [-0.15, -0.1) is 0 Å². The summed E-state index contributed by atoms with van der Waals surface area (Å²) in [7, 11) is 3.35. The molecule has 0 spiro atoms. The molecule has 0 aliphatic rings. The zero-order valence-corrected chi connectivity index (χ0v) is 8.93. The summed E-state index contributed by atoms with van der Waals surface area (Å²) in [5.74, 6) is 0.795. The Kier molecular flexibility index (Phi) is 2.87. The molecule has 80 valence electrons. The van der Waals surface area contributed by atoms with E-state index in [2.05, 4.69) is 4.98 Å². The van der Waals surface area contributed by atoms with Crippen molar-refractivity contribution in [2.75, 3.05) is 20.8 Å². The highest BCUT2D eigenvalue weighted by molar-refractivity contribution is 5.43. The minimum absolute atomic E-state index is 0.687. The molecule has 0 atom stereocenters. The normalized spacial score (nSPS) is 10.8. The number of imidazole rings is 1. The second kappa shape index (κ2) is 4.31. The van der Waals surface area contributed by atoms with Gasteiger partial charge in [-0.1, -0.05) is 6.07 Å². The molecule has 4 nitrogen and oxygen atoms in total. The van der Waals surface area contributed by atoms with Crippen molar-refractivity contribution in [1.29, 1.82) is 0 Å². The Hall–Kier alpha value is -1.55. The molecule has 2 aromatic rings. The van der Waals surface area contributed by atoms with Gasteiger partial charge in [-0.05, 0) is 12.1 Å². The first kappa shape index (κ1) is 9.98. The Morgan fingerprint density at radius 3 is 2.93 bits per heavy atom. The molecule has 0 unspecified atom stereocenters. The summed E-state index contributed by atoms with van der Waals surface area (Å²) in [6.07, 6.45) is 2.80. The third-order valence-corrected chi connectivity index (χ3v) is 2.28. The third kappa shape index (κ3) is 1.94. The average molecular weight is 206 g/mol. The van der Waals surface area contributed by atoms with E-state index >= 15 is 0 Å². The van der Waals surface area contributed by atoms with Crippen molar-refractivity contribution in [2.45, 2.75) is 6.42 Å². The average Bonchev–Trinajstić information content (AvgIpc) is 2.68. The van der Waals surface area contributed by atoms with Gasteiger partial charge in [0.2, 0.25) is 0 Å². The van der Waals surface area contributed by atoms with E-state index < -0.39 is 0 Å². The fraction of sp³-hybridized carbons (Fsp3) is 0.364. The fourth-order valence-electron chi connectivity index (χ4n) is 1.53. The molecule has 4 heteroatoms. The molecule has 0 amide bonds. The Morgan fingerprint density at radius 2 is 2.20 bits per heavy atom. The van der Waals surface area contributed by atoms with Crippen LogP contribution in [0.15, 0.2) is 24.4 Å². The van der Waals surface area contributed by atoms with Gasteiger partial charge in [-0.25, -0.2) is 4.98 Å². The Balaban J connectivity index is 2.37. The Labute approximate surface area is 88.5 Å². The number of ether oxygens (including phenoxy) is 2. The lowest BCUT2D eigenvalue weighted by Crippen LogP contribution is -1.94. The lowest BCUT2D eigenvalue weighted by molar-refractivity contribution is 0.201. The molecule has 2 aromatic heterocycles. The third-order valence-electron chi connectivity index (χ3n) is 2.28. The lowest BCUT2D eigenvalue weighted by Gasteiger charge is -2.01. The van der Waals surface area contributed by atoms with Crippen LogP contribution in [0.5, 0.6) is 5.88 Å². The maximum atomic E-state index is 5.24. The molecule has 0 saturated carbocycles. The minimum atomic E-state index is 0.687. The summed E-state index contributed by atoms with van der Waals surface area (Å²) in [6, 6.07) is 5.80. The maximum absolute atomic E-state index is 5.24. The first-order valence-electron chi connectivity index (χ1n) is 4.85. The van der Waals surface area contributed by atoms with Gasteiger partial charge in [-0.3, -0.25) is 4.40 Å². The van der Waals surface area contributed by atoms with E-state index in [4.69, 9.17) is 9.47 Å². The van der Waals surface area contributed by atoms with Crippen LogP contribution in [0.2, 0.25) is 0 Å². The van der Waals surface area contributed by atoms with Crippen LogP contribution in [0.1, 0.15) is 5.69 Å². The van der Waals surface area contributed by atoms with E-state index in [9.17, 15) is 0 Å². The zero-order valence-electron chi connectivity index (χ0n) is 8.93. The van der Waals surface area contributed by atoms with E-state index in [1.807, 2.05) is 28.8 Å². The van der Waals surface area contributed by atoms with Crippen molar-refractivity contribution in [3.63, 3.8) is 0 Å². The predicted molar refractivity (Wildman–Crippen MR) is 57.3 cm³/mol. The molecule has 0 bridgehead atoms. The predicted octanol–water partition coefficient (Wildman–Crippen LogP) is 1.53. The van der Waals surface area contributed by atoms with Crippen LogP contribution in [0.3, 0.4) is 0 Å². The van der Waals surface area contributed by atoms with E-state index in [0.29, 0.717) is 6.61 Å². The van der Waals surface area contributed by atoms with Gasteiger partial charge in [0.15, 0.2) is 5.88 Å². The SMILES string of the molecule is COCCc1cn2c(OC)cccc2n1. The largest absolute Gasteiger partial charge is 0.482 e. The van der Waals surface area contributed by atoms with Gasteiger partial charge >= 0.3 is 0 Å².